The van der Waals surface area contributed by atoms with Crippen LogP contribution in [0.3, 0.4) is 0 Å². The first kappa shape index (κ1) is 13.0. The monoisotopic (exact) mass is 246 g/mol. The highest BCUT2D eigenvalue weighted by Gasteiger charge is 2.22. The van der Waals surface area contributed by atoms with Crippen molar-refractivity contribution in [2.75, 3.05) is 6.61 Å². The van der Waals surface area contributed by atoms with Crippen LogP contribution in [0.1, 0.15) is 17.3 Å². The molecular formula is C9H9BClFO4. The van der Waals surface area contributed by atoms with Crippen LogP contribution in [0.15, 0.2) is 12.1 Å². The number of ether oxygens (including phenoxy) is 1. The van der Waals surface area contributed by atoms with E-state index in [1.54, 1.807) is 6.92 Å². The van der Waals surface area contributed by atoms with Crippen LogP contribution >= 0.6 is 11.6 Å². The molecule has 16 heavy (non-hydrogen) atoms. The van der Waals surface area contributed by atoms with Gasteiger partial charge in [-0.15, -0.1) is 0 Å². The molecule has 0 saturated carbocycles. The van der Waals surface area contributed by atoms with Crippen LogP contribution in [0.25, 0.3) is 0 Å². The number of hydrogen-bond acceptors (Lipinski definition) is 4. The molecule has 0 aromatic heterocycles. The fraction of sp³-hybridized carbons (Fsp3) is 0.222. The summed E-state index contributed by atoms with van der Waals surface area (Å²) in [7, 11) is -2.01. The van der Waals surface area contributed by atoms with E-state index in [4.69, 9.17) is 21.6 Å². The summed E-state index contributed by atoms with van der Waals surface area (Å²) >= 11 is 5.63. The first-order chi connectivity index (χ1) is 7.47. The van der Waals surface area contributed by atoms with Crippen molar-refractivity contribution in [3.8, 4) is 0 Å². The minimum absolute atomic E-state index is 0.104. The van der Waals surface area contributed by atoms with Gasteiger partial charge < -0.3 is 14.8 Å². The zero-order chi connectivity index (χ0) is 12.3. The molecule has 2 N–H and O–H groups in total. The maximum atomic E-state index is 13.2. The Morgan fingerprint density at radius 3 is 2.69 bits per heavy atom. The molecule has 0 aliphatic carbocycles. The predicted octanol–water partition coefficient (Wildman–Crippen LogP) is 0.336. The molecule has 7 heteroatoms. The van der Waals surface area contributed by atoms with Crippen molar-refractivity contribution in [1.29, 1.82) is 0 Å². The molecule has 4 nitrogen and oxygen atoms in total. The number of hydrogen-bond donors (Lipinski definition) is 2. The van der Waals surface area contributed by atoms with Crippen LogP contribution in [0.5, 0.6) is 0 Å². The highest BCUT2D eigenvalue weighted by atomic mass is 35.5. The van der Waals surface area contributed by atoms with Gasteiger partial charge in [-0.25, -0.2) is 9.18 Å². The Labute approximate surface area is 96.8 Å². The lowest BCUT2D eigenvalue weighted by molar-refractivity contribution is 0.0526. The Morgan fingerprint density at radius 2 is 2.19 bits per heavy atom. The summed E-state index contributed by atoms with van der Waals surface area (Å²) in [6, 6.07) is 1.79. The van der Waals surface area contributed by atoms with Crippen molar-refractivity contribution in [2.24, 2.45) is 0 Å². The number of carbonyl (C=O) groups is 1. The van der Waals surface area contributed by atoms with Crippen LogP contribution in [0.2, 0.25) is 5.02 Å². The molecule has 0 radical (unpaired) electrons. The number of carbonyl (C=O) groups excluding carboxylic acids is 1. The van der Waals surface area contributed by atoms with Crippen LogP contribution in [0, 0.1) is 5.82 Å². The van der Waals surface area contributed by atoms with Gasteiger partial charge in [0.1, 0.15) is 5.82 Å². The highest BCUT2D eigenvalue weighted by Crippen LogP contribution is 2.17. The Hall–Kier alpha value is -1.11. The first-order valence-electron chi connectivity index (χ1n) is 4.49. The summed E-state index contributed by atoms with van der Waals surface area (Å²) in [5.74, 6) is -1.64. The molecule has 1 aromatic rings. The van der Waals surface area contributed by atoms with E-state index >= 15 is 0 Å². The smallest absolute Gasteiger partial charge is 0.462 e. The first-order valence-corrected chi connectivity index (χ1v) is 4.87. The van der Waals surface area contributed by atoms with Gasteiger partial charge in [0, 0.05) is 5.46 Å². The summed E-state index contributed by atoms with van der Waals surface area (Å²) < 4.78 is 17.8. The van der Waals surface area contributed by atoms with E-state index in [1.807, 2.05) is 0 Å². The van der Waals surface area contributed by atoms with Gasteiger partial charge in [0.25, 0.3) is 0 Å². The van der Waals surface area contributed by atoms with Crippen molar-refractivity contribution in [3.63, 3.8) is 0 Å². The van der Waals surface area contributed by atoms with Gasteiger partial charge >= 0.3 is 13.1 Å². The van der Waals surface area contributed by atoms with Crippen LogP contribution < -0.4 is 5.46 Å². The second-order valence-corrected chi connectivity index (χ2v) is 3.35. The zero-order valence-corrected chi connectivity index (χ0v) is 9.16. The molecule has 0 saturated heterocycles. The average molecular weight is 246 g/mol. The molecule has 0 bridgehead atoms. The van der Waals surface area contributed by atoms with Crippen molar-refractivity contribution in [1.82, 2.24) is 0 Å². The van der Waals surface area contributed by atoms with E-state index < -0.39 is 24.4 Å². The van der Waals surface area contributed by atoms with Gasteiger partial charge in [-0.2, -0.15) is 0 Å². The third-order valence-corrected chi connectivity index (χ3v) is 2.17. The summed E-state index contributed by atoms with van der Waals surface area (Å²) in [6.45, 7) is 1.75. The second-order valence-electron chi connectivity index (χ2n) is 2.95. The van der Waals surface area contributed by atoms with Crippen molar-refractivity contribution >= 4 is 30.2 Å². The van der Waals surface area contributed by atoms with Gasteiger partial charge in [-0.3, -0.25) is 0 Å². The third-order valence-electron chi connectivity index (χ3n) is 1.86. The standard InChI is InChI=1S/C9H9BClFO4/c1-2-16-9(13)5-3-6(10(14)15)8(12)4-7(5)11/h3-4,14-15H,2H2,1H3. The van der Waals surface area contributed by atoms with Crippen LogP contribution in [0.4, 0.5) is 4.39 Å². The molecule has 0 aliphatic rings. The summed E-state index contributed by atoms with van der Waals surface area (Å²) in [5, 5.41) is 17.6. The Kier molecular flexibility index (Phi) is 4.29. The topological polar surface area (TPSA) is 66.8 Å². The van der Waals surface area contributed by atoms with E-state index in [0.717, 1.165) is 12.1 Å². The van der Waals surface area contributed by atoms with E-state index in [9.17, 15) is 9.18 Å². The minimum atomic E-state index is -2.01. The Morgan fingerprint density at radius 1 is 1.56 bits per heavy atom. The van der Waals surface area contributed by atoms with Gasteiger partial charge in [0.05, 0.1) is 17.2 Å². The van der Waals surface area contributed by atoms with Crippen molar-refractivity contribution in [3.05, 3.63) is 28.5 Å². The Bertz CT molecular complexity index is 411. The molecule has 1 rings (SSSR count). The van der Waals surface area contributed by atoms with E-state index in [0.29, 0.717) is 0 Å². The molecular weight excluding hydrogens is 237 g/mol. The summed E-state index contributed by atoms with van der Waals surface area (Å²) in [4.78, 5) is 11.4. The molecule has 0 amide bonds. The molecule has 1 aromatic carbocycles. The maximum absolute atomic E-state index is 13.2. The number of halogens is 2. The van der Waals surface area contributed by atoms with Crippen molar-refractivity contribution in [2.45, 2.75) is 6.92 Å². The largest absolute Gasteiger partial charge is 0.491 e. The molecule has 86 valence electrons. The quantitative estimate of drug-likeness (QED) is 0.596. The molecule has 0 fully saturated rings. The van der Waals surface area contributed by atoms with Crippen LogP contribution in [-0.2, 0) is 4.74 Å². The SMILES string of the molecule is CCOC(=O)c1cc(B(O)O)c(F)cc1Cl. The highest BCUT2D eigenvalue weighted by molar-refractivity contribution is 6.59. The summed E-state index contributed by atoms with van der Waals surface area (Å²) in [6.07, 6.45) is 0. The molecule has 0 heterocycles. The lowest BCUT2D eigenvalue weighted by Gasteiger charge is -2.07. The van der Waals surface area contributed by atoms with Crippen molar-refractivity contribution < 1.29 is 24.0 Å². The third kappa shape index (κ3) is 2.72. The molecule has 0 spiro atoms. The molecule has 0 aliphatic heterocycles. The second kappa shape index (κ2) is 5.29. The van der Waals surface area contributed by atoms with E-state index in [-0.39, 0.29) is 17.2 Å². The lowest BCUT2D eigenvalue weighted by Crippen LogP contribution is -2.33. The Balaban J connectivity index is 3.19. The number of rotatable bonds is 3. The number of benzene rings is 1. The maximum Gasteiger partial charge on any atom is 0.491 e. The van der Waals surface area contributed by atoms with E-state index in [2.05, 4.69) is 4.74 Å². The van der Waals surface area contributed by atoms with Gasteiger partial charge in [0.2, 0.25) is 0 Å². The molecule has 0 atom stereocenters. The summed E-state index contributed by atoms with van der Waals surface area (Å²) in [5.41, 5.74) is -0.527. The van der Waals surface area contributed by atoms with E-state index in [1.165, 1.54) is 0 Å². The molecule has 0 unspecified atom stereocenters. The van der Waals surface area contributed by atoms with Crippen LogP contribution in [-0.4, -0.2) is 29.7 Å². The number of esters is 1. The van der Waals surface area contributed by atoms with Gasteiger partial charge in [-0.05, 0) is 19.1 Å². The minimum Gasteiger partial charge on any atom is -0.462 e. The zero-order valence-electron chi connectivity index (χ0n) is 8.41. The normalized spacial score (nSPS) is 10.1. The van der Waals surface area contributed by atoms with Gasteiger partial charge in [-0.1, -0.05) is 11.6 Å². The fourth-order valence-electron chi connectivity index (χ4n) is 1.13. The predicted molar refractivity (Wildman–Crippen MR) is 57.2 cm³/mol. The lowest BCUT2D eigenvalue weighted by atomic mass is 9.79. The fourth-order valence-corrected chi connectivity index (χ4v) is 1.36. The average Bonchev–Trinajstić information content (AvgIpc) is 2.17. The van der Waals surface area contributed by atoms with Gasteiger partial charge in [0.15, 0.2) is 0 Å².